The molecule has 0 spiro atoms. The van der Waals surface area contributed by atoms with E-state index in [0.29, 0.717) is 0 Å². The summed E-state index contributed by atoms with van der Waals surface area (Å²) in [6.45, 7) is 11.4. The first-order valence-electron chi connectivity index (χ1n) is 6.91. The van der Waals surface area contributed by atoms with Gasteiger partial charge in [0.1, 0.15) is 6.04 Å². The van der Waals surface area contributed by atoms with Gasteiger partial charge in [-0.25, -0.2) is 0 Å². The molecule has 0 aromatic heterocycles. The first kappa shape index (κ1) is 16.7. The van der Waals surface area contributed by atoms with Crippen LogP contribution in [0.25, 0.3) is 0 Å². The lowest BCUT2D eigenvalue weighted by molar-refractivity contribution is -0.139. The van der Waals surface area contributed by atoms with Gasteiger partial charge in [0, 0.05) is 6.04 Å². The highest BCUT2D eigenvalue weighted by Crippen LogP contribution is 2.29. The summed E-state index contributed by atoms with van der Waals surface area (Å²) >= 11 is 0. The monoisotopic (exact) mass is 279 g/mol. The molecule has 0 fully saturated rings. The number of nitrogens with one attached hydrogen (secondary N) is 1. The van der Waals surface area contributed by atoms with Crippen LogP contribution in [0.3, 0.4) is 0 Å². The number of aliphatic carboxylic acids is 1. The topological polar surface area (TPSA) is 69.6 Å². The summed E-state index contributed by atoms with van der Waals surface area (Å²) in [5.41, 5.74) is 5.32. The highest BCUT2D eigenvalue weighted by molar-refractivity contribution is 5.72. The Balaban J connectivity index is 3.09. The van der Waals surface area contributed by atoms with Gasteiger partial charge in [-0.3, -0.25) is 10.1 Å². The first-order valence-corrected chi connectivity index (χ1v) is 6.91. The van der Waals surface area contributed by atoms with Gasteiger partial charge in [0.25, 0.3) is 0 Å². The van der Waals surface area contributed by atoms with E-state index in [-0.39, 0.29) is 6.04 Å². The van der Waals surface area contributed by atoms with E-state index in [1.807, 2.05) is 27.7 Å². The van der Waals surface area contributed by atoms with E-state index in [2.05, 4.69) is 11.4 Å². The molecule has 0 radical (unpaired) electrons. The van der Waals surface area contributed by atoms with Crippen molar-refractivity contribution in [3.05, 3.63) is 33.9 Å². The molecule has 0 amide bonds. The zero-order chi connectivity index (χ0) is 15.6. The van der Waals surface area contributed by atoms with Gasteiger partial charge in [0.2, 0.25) is 0 Å². The van der Waals surface area contributed by atoms with E-state index in [9.17, 15) is 9.90 Å². The van der Waals surface area contributed by atoms with Gasteiger partial charge >= 0.3 is 5.97 Å². The number of aliphatic hydroxyl groups excluding tert-OH is 1. The SMILES string of the molecule is Cc1cc(C)c(C)c(C(O)C(C)NC(C)C(=O)O)c1C. The van der Waals surface area contributed by atoms with Crippen LogP contribution in [-0.4, -0.2) is 28.3 Å². The summed E-state index contributed by atoms with van der Waals surface area (Å²) < 4.78 is 0. The number of aliphatic hydroxyl groups is 1. The molecule has 20 heavy (non-hydrogen) atoms. The molecule has 3 atom stereocenters. The second-order valence-electron chi connectivity index (χ2n) is 5.63. The summed E-state index contributed by atoms with van der Waals surface area (Å²) in [5, 5.41) is 22.4. The molecule has 4 heteroatoms. The molecule has 4 nitrogen and oxygen atoms in total. The predicted octanol–water partition coefficient (Wildman–Crippen LogP) is 2.40. The lowest BCUT2D eigenvalue weighted by Gasteiger charge is -2.27. The van der Waals surface area contributed by atoms with Crippen LogP contribution in [0.15, 0.2) is 6.07 Å². The molecule has 0 saturated carbocycles. The molecule has 3 N–H and O–H groups in total. The fourth-order valence-electron chi connectivity index (χ4n) is 2.50. The fraction of sp³-hybridized carbons (Fsp3) is 0.562. The first-order chi connectivity index (χ1) is 9.16. The van der Waals surface area contributed by atoms with Crippen molar-refractivity contribution in [2.24, 2.45) is 0 Å². The molecule has 1 aromatic rings. The highest BCUT2D eigenvalue weighted by atomic mass is 16.4. The minimum absolute atomic E-state index is 0.334. The number of rotatable bonds is 5. The maximum absolute atomic E-state index is 10.9. The molecule has 0 aliphatic carbocycles. The van der Waals surface area contributed by atoms with Crippen LogP contribution < -0.4 is 5.32 Å². The lowest BCUT2D eigenvalue weighted by atomic mass is 9.88. The predicted molar refractivity (Wildman–Crippen MR) is 80.0 cm³/mol. The Bertz CT molecular complexity index is 485. The number of carboxylic acids is 1. The molecule has 1 aromatic carbocycles. The third kappa shape index (κ3) is 3.38. The summed E-state index contributed by atoms with van der Waals surface area (Å²) in [7, 11) is 0. The van der Waals surface area contributed by atoms with E-state index in [0.717, 1.165) is 27.8 Å². The van der Waals surface area contributed by atoms with Crippen molar-refractivity contribution in [3.63, 3.8) is 0 Å². The Hall–Kier alpha value is -1.39. The van der Waals surface area contributed by atoms with Gasteiger partial charge in [0.15, 0.2) is 0 Å². The number of hydrogen-bond acceptors (Lipinski definition) is 3. The molecule has 3 unspecified atom stereocenters. The van der Waals surface area contributed by atoms with E-state index in [4.69, 9.17) is 5.11 Å². The minimum Gasteiger partial charge on any atom is -0.480 e. The Kier molecular flexibility index (Phi) is 5.31. The molecule has 1 rings (SSSR count). The number of benzene rings is 1. The molecule has 0 aliphatic rings. The van der Waals surface area contributed by atoms with Crippen molar-refractivity contribution in [2.75, 3.05) is 0 Å². The molecule has 0 heterocycles. The number of hydrogen-bond donors (Lipinski definition) is 3. The van der Waals surface area contributed by atoms with Crippen LogP contribution in [0.5, 0.6) is 0 Å². The van der Waals surface area contributed by atoms with Gasteiger partial charge in [-0.1, -0.05) is 6.07 Å². The van der Waals surface area contributed by atoms with E-state index in [1.165, 1.54) is 0 Å². The third-order valence-corrected chi connectivity index (χ3v) is 4.08. The Morgan fingerprint density at radius 3 is 1.95 bits per heavy atom. The smallest absolute Gasteiger partial charge is 0.320 e. The standard InChI is InChI=1S/C16H25NO3/c1-8-7-9(2)11(4)14(10(8)3)15(18)12(5)17-13(6)16(19)20/h7,12-13,15,17-18H,1-6H3,(H,19,20). The molecule has 0 bridgehead atoms. The van der Waals surface area contributed by atoms with E-state index >= 15 is 0 Å². The van der Waals surface area contributed by atoms with Crippen molar-refractivity contribution in [3.8, 4) is 0 Å². The van der Waals surface area contributed by atoms with Crippen LogP contribution in [0.4, 0.5) is 0 Å². The van der Waals surface area contributed by atoms with E-state index in [1.54, 1.807) is 13.8 Å². The minimum atomic E-state index is -0.919. The van der Waals surface area contributed by atoms with E-state index < -0.39 is 18.1 Å². The normalized spacial score (nSPS) is 15.8. The maximum Gasteiger partial charge on any atom is 0.320 e. The van der Waals surface area contributed by atoms with Crippen molar-refractivity contribution < 1.29 is 15.0 Å². The van der Waals surface area contributed by atoms with Crippen LogP contribution in [0.1, 0.15) is 47.8 Å². The van der Waals surface area contributed by atoms with Gasteiger partial charge in [0.05, 0.1) is 6.10 Å². The average Bonchev–Trinajstić information content (AvgIpc) is 2.36. The Morgan fingerprint density at radius 1 is 1.10 bits per heavy atom. The van der Waals surface area contributed by atoms with Crippen LogP contribution in [0, 0.1) is 27.7 Å². The average molecular weight is 279 g/mol. The summed E-state index contributed by atoms with van der Waals surface area (Å²) in [6.07, 6.45) is -0.726. The van der Waals surface area contributed by atoms with Crippen LogP contribution >= 0.6 is 0 Å². The van der Waals surface area contributed by atoms with Crippen LogP contribution in [0.2, 0.25) is 0 Å². The van der Waals surface area contributed by atoms with Crippen molar-refractivity contribution in [1.29, 1.82) is 0 Å². The lowest BCUT2D eigenvalue weighted by Crippen LogP contribution is -2.43. The van der Waals surface area contributed by atoms with Crippen molar-refractivity contribution in [2.45, 2.75) is 59.7 Å². The Morgan fingerprint density at radius 2 is 1.55 bits per heavy atom. The zero-order valence-corrected chi connectivity index (χ0v) is 13.1. The van der Waals surface area contributed by atoms with Gasteiger partial charge in [-0.05, 0) is 69.4 Å². The quantitative estimate of drug-likeness (QED) is 0.774. The molecular formula is C16H25NO3. The molecule has 0 aliphatic heterocycles. The maximum atomic E-state index is 10.9. The largest absolute Gasteiger partial charge is 0.480 e. The second kappa shape index (κ2) is 6.37. The van der Waals surface area contributed by atoms with Gasteiger partial charge < -0.3 is 10.2 Å². The highest BCUT2D eigenvalue weighted by Gasteiger charge is 2.24. The van der Waals surface area contributed by atoms with Crippen LogP contribution in [-0.2, 0) is 4.79 Å². The van der Waals surface area contributed by atoms with Gasteiger partial charge in [-0.2, -0.15) is 0 Å². The molecular weight excluding hydrogens is 254 g/mol. The summed E-state index contributed by atoms with van der Waals surface area (Å²) in [6, 6.07) is 1.09. The number of carbonyl (C=O) groups is 1. The third-order valence-electron chi connectivity index (χ3n) is 4.08. The van der Waals surface area contributed by atoms with Gasteiger partial charge in [-0.15, -0.1) is 0 Å². The van der Waals surface area contributed by atoms with Crippen molar-refractivity contribution in [1.82, 2.24) is 5.32 Å². The number of aryl methyl sites for hydroxylation is 2. The zero-order valence-electron chi connectivity index (χ0n) is 13.1. The summed E-state index contributed by atoms with van der Waals surface area (Å²) in [5.74, 6) is -0.919. The van der Waals surface area contributed by atoms with Crippen molar-refractivity contribution >= 4 is 5.97 Å². The Labute approximate surface area is 120 Å². The molecule has 0 saturated heterocycles. The fourth-order valence-corrected chi connectivity index (χ4v) is 2.50. The second-order valence-corrected chi connectivity index (χ2v) is 5.63. The number of carboxylic acid groups (broad SMARTS) is 1. The molecule has 112 valence electrons. The summed E-state index contributed by atoms with van der Waals surface area (Å²) in [4.78, 5) is 10.9.